The van der Waals surface area contributed by atoms with Crippen molar-refractivity contribution in [2.75, 3.05) is 6.54 Å². The van der Waals surface area contributed by atoms with Crippen LogP contribution in [-0.2, 0) is 18.3 Å². The Hall–Kier alpha value is -3.08. The number of benzene rings is 2. The highest BCUT2D eigenvalue weighted by Crippen LogP contribution is 2.56. The topological polar surface area (TPSA) is 58.5 Å². The summed E-state index contributed by atoms with van der Waals surface area (Å²) in [5, 5.41) is 0. The normalized spacial score (nSPS) is 25.0. The SMILES string of the molecule is Cc1cnc2cc3c(cc2n1)[C@]1(C)CCN(C(=O)c2ccc4c(c2)CC=N4)[C@H](C3)C1(C)C. The van der Waals surface area contributed by atoms with E-state index in [-0.39, 0.29) is 22.8 Å². The molecule has 1 amide bonds. The molecule has 1 aliphatic carbocycles. The summed E-state index contributed by atoms with van der Waals surface area (Å²) in [7, 11) is 0. The number of aryl methyl sites for hydroxylation is 1. The Kier molecular flexibility index (Phi) is 3.96. The lowest BCUT2D eigenvalue weighted by atomic mass is 9.51. The molecule has 162 valence electrons. The van der Waals surface area contributed by atoms with Crippen LogP contribution in [0.2, 0.25) is 0 Å². The van der Waals surface area contributed by atoms with Crippen molar-refractivity contribution in [2.24, 2.45) is 10.4 Å². The van der Waals surface area contributed by atoms with E-state index >= 15 is 0 Å². The molecule has 2 atom stereocenters. The minimum atomic E-state index is -0.0569. The Balaban J connectivity index is 1.43. The molecular weight excluding hydrogens is 396 g/mol. The van der Waals surface area contributed by atoms with Crippen LogP contribution in [0.5, 0.6) is 0 Å². The van der Waals surface area contributed by atoms with Crippen LogP contribution in [0.3, 0.4) is 0 Å². The van der Waals surface area contributed by atoms with Crippen molar-refractivity contribution < 1.29 is 4.79 Å². The van der Waals surface area contributed by atoms with E-state index < -0.39 is 0 Å². The number of carbonyl (C=O) groups is 1. The second kappa shape index (κ2) is 6.47. The summed E-state index contributed by atoms with van der Waals surface area (Å²) in [6.07, 6.45) is 6.35. The summed E-state index contributed by atoms with van der Waals surface area (Å²) in [6, 6.07) is 10.6. The fourth-order valence-electron chi connectivity index (χ4n) is 6.17. The van der Waals surface area contributed by atoms with Crippen molar-refractivity contribution in [1.29, 1.82) is 0 Å². The molecule has 5 nitrogen and oxygen atoms in total. The van der Waals surface area contributed by atoms with Crippen molar-refractivity contribution in [3.63, 3.8) is 0 Å². The average Bonchev–Trinajstić information content (AvgIpc) is 3.23. The fraction of sp³-hybridized carbons (Fsp3) is 0.407. The predicted molar refractivity (Wildman–Crippen MR) is 127 cm³/mol. The lowest BCUT2D eigenvalue weighted by molar-refractivity contribution is -0.0261. The van der Waals surface area contributed by atoms with Gasteiger partial charge in [0.1, 0.15) is 0 Å². The highest BCUT2D eigenvalue weighted by Gasteiger charge is 2.57. The van der Waals surface area contributed by atoms with Crippen LogP contribution in [-0.4, -0.2) is 39.6 Å². The van der Waals surface area contributed by atoms with Crippen LogP contribution < -0.4 is 0 Å². The Bertz CT molecular complexity index is 1320. The zero-order chi connectivity index (χ0) is 22.3. The van der Waals surface area contributed by atoms with Gasteiger partial charge in [-0.15, -0.1) is 0 Å². The number of hydrogen-bond donors (Lipinski definition) is 0. The number of amides is 1. The van der Waals surface area contributed by atoms with Crippen molar-refractivity contribution in [3.05, 3.63) is 64.5 Å². The molecule has 0 radical (unpaired) electrons. The highest BCUT2D eigenvalue weighted by atomic mass is 16.2. The van der Waals surface area contributed by atoms with Gasteiger partial charge in [-0.2, -0.15) is 0 Å². The molecule has 2 bridgehead atoms. The Morgan fingerprint density at radius 1 is 1.09 bits per heavy atom. The van der Waals surface area contributed by atoms with Crippen LogP contribution in [0.15, 0.2) is 41.5 Å². The number of piperidine rings is 1. The van der Waals surface area contributed by atoms with Gasteiger partial charge < -0.3 is 4.90 Å². The highest BCUT2D eigenvalue weighted by molar-refractivity contribution is 5.96. The van der Waals surface area contributed by atoms with Gasteiger partial charge in [-0.25, -0.2) is 4.98 Å². The molecule has 5 heteroatoms. The molecule has 1 fully saturated rings. The second-order valence-corrected chi connectivity index (χ2v) is 10.4. The summed E-state index contributed by atoms with van der Waals surface area (Å²) in [4.78, 5) is 29.6. The van der Waals surface area contributed by atoms with Crippen molar-refractivity contribution in [1.82, 2.24) is 14.9 Å². The number of carbonyl (C=O) groups excluding carboxylic acids is 1. The molecule has 0 saturated carbocycles. The first-order chi connectivity index (χ1) is 15.3. The fourth-order valence-corrected chi connectivity index (χ4v) is 6.17. The van der Waals surface area contributed by atoms with Crippen LogP contribution in [0.1, 0.15) is 59.9 Å². The van der Waals surface area contributed by atoms with E-state index in [0.29, 0.717) is 0 Å². The average molecular weight is 425 g/mol. The first-order valence-electron chi connectivity index (χ1n) is 11.5. The largest absolute Gasteiger partial charge is 0.335 e. The number of fused-ring (bicyclic) bond motifs is 6. The van der Waals surface area contributed by atoms with Gasteiger partial charge >= 0.3 is 0 Å². The minimum Gasteiger partial charge on any atom is -0.335 e. The van der Waals surface area contributed by atoms with Crippen LogP contribution >= 0.6 is 0 Å². The van der Waals surface area contributed by atoms with Gasteiger partial charge in [0.25, 0.3) is 5.91 Å². The van der Waals surface area contributed by atoms with E-state index in [1.54, 1.807) is 0 Å². The quantitative estimate of drug-likeness (QED) is 0.555. The molecule has 2 aliphatic heterocycles. The minimum absolute atomic E-state index is 0.0204. The van der Waals surface area contributed by atoms with Gasteiger partial charge in [-0.1, -0.05) is 20.8 Å². The third kappa shape index (κ3) is 2.57. The summed E-state index contributed by atoms with van der Waals surface area (Å²) in [6.45, 7) is 9.81. The molecule has 3 aromatic rings. The third-order valence-corrected chi connectivity index (χ3v) is 8.51. The first kappa shape index (κ1) is 19.6. The Morgan fingerprint density at radius 2 is 1.94 bits per heavy atom. The molecule has 0 unspecified atom stereocenters. The molecule has 3 aliphatic rings. The number of aromatic nitrogens is 2. The maximum atomic E-state index is 13.7. The van der Waals surface area contributed by atoms with E-state index in [4.69, 9.17) is 4.98 Å². The molecule has 1 aromatic heterocycles. The van der Waals surface area contributed by atoms with Gasteiger partial charge in [-0.05, 0) is 72.2 Å². The number of rotatable bonds is 1. The number of aliphatic imine (C=N–C) groups is 1. The summed E-state index contributed by atoms with van der Waals surface area (Å²) >= 11 is 0. The van der Waals surface area contributed by atoms with Gasteiger partial charge in [0.2, 0.25) is 0 Å². The standard InChI is InChI=1S/C27H28N4O/c1-16-15-29-22-12-19-13-24-26(2,3)27(4,20(19)14-23(22)30-16)8-10-31(24)25(32)18-5-6-21-17(11-18)7-9-28-21/h5-6,9,11-12,14-15,24H,7-8,10,13H2,1-4H3/t24-,27+/m1/s1. The van der Waals surface area contributed by atoms with E-state index in [1.165, 1.54) is 11.1 Å². The van der Waals surface area contributed by atoms with Crippen LogP contribution in [0, 0.1) is 12.3 Å². The van der Waals surface area contributed by atoms with E-state index in [1.807, 2.05) is 37.5 Å². The molecular formula is C27H28N4O. The smallest absolute Gasteiger partial charge is 0.254 e. The number of likely N-dealkylation sites (tertiary alicyclic amines) is 1. The van der Waals surface area contributed by atoms with Crippen LogP contribution in [0.4, 0.5) is 5.69 Å². The summed E-state index contributed by atoms with van der Waals surface area (Å²) in [5.74, 6) is 0.138. The van der Waals surface area contributed by atoms with Crippen molar-refractivity contribution in [3.8, 4) is 0 Å². The Morgan fingerprint density at radius 3 is 2.78 bits per heavy atom. The molecule has 1 saturated heterocycles. The van der Waals surface area contributed by atoms with E-state index in [2.05, 4.69) is 47.8 Å². The third-order valence-electron chi connectivity index (χ3n) is 8.51. The zero-order valence-electron chi connectivity index (χ0n) is 19.1. The zero-order valence-corrected chi connectivity index (χ0v) is 19.1. The first-order valence-corrected chi connectivity index (χ1v) is 11.5. The molecule has 0 N–H and O–H groups in total. The van der Waals surface area contributed by atoms with E-state index in [9.17, 15) is 4.79 Å². The number of nitrogens with zero attached hydrogens (tertiary/aromatic N) is 4. The molecule has 3 heterocycles. The van der Waals surface area contributed by atoms with Gasteiger partial charge in [0.15, 0.2) is 0 Å². The van der Waals surface area contributed by atoms with Gasteiger partial charge in [-0.3, -0.25) is 14.8 Å². The maximum Gasteiger partial charge on any atom is 0.254 e. The van der Waals surface area contributed by atoms with E-state index in [0.717, 1.165) is 59.3 Å². The monoisotopic (exact) mass is 424 g/mol. The predicted octanol–water partition coefficient (Wildman–Crippen LogP) is 4.95. The maximum absolute atomic E-state index is 13.7. The second-order valence-electron chi connectivity index (χ2n) is 10.4. The lowest BCUT2D eigenvalue weighted by Gasteiger charge is -2.60. The van der Waals surface area contributed by atoms with Gasteiger partial charge in [0, 0.05) is 42.4 Å². The summed E-state index contributed by atoms with van der Waals surface area (Å²) in [5.41, 5.74) is 8.37. The lowest BCUT2D eigenvalue weighted by Crippen LogP contribution is -2.64. The van der Waals surface area contributed by atoms with Crippen molar-refractivity contribution in [2.45, 2.75) is 58.4 Å². The molecule has 2 aromatic carbocycles. The Labute approximate surface area is 188 Å². The summed E-state index contributed by atoms with van der Waals surface area (Å²) < 4.78 is 0. The van der Waals surface area contributed by atoms with Crippen LogP contribution in [0.25, 0.3) is 11.0 Å². The number of hydrogen-bond acceptors (Lipinski definition) is 4. The van der Waals surface area contributed by atoms with Crippen molar-refractivity contribution >= 4 is 28.8 Å². The molecule has 6 rings (SSSR count). The van der Waals surface area contributed by atoms with Gasteiger partial charge in [0.05, 0.1) is 22.4 Å². The molecule has 0 spiro atoms. The molecule has 32 heavy (non-hydrogen) atoms.